The first kappa shape index (κ1) is 24.4. The molecule has 0 amide bonds. The van der Waals surface area contributed by atoms with Gasteiger partial charge in [-0.25, -0.2) is 4.39 Å². The number of hydrogen-bond donors (Lipinski definition) is 0. The predicted molar refractivity (Wildman–Crippen MR) is 147 cm³/mol. The molecule has 2 atom stereocenters. The molecule has 2 aromatic carbocycles. The summed E-state index contributed by atoms with van der Waals surface area (Å²) in [6.07, 6.45) is 8.03. The summed E-state index contributed by atoms with van der Waals surface area (Å²) in [5, 5.41) is 5.05. The zero-order valence-corrected chi connectivity index (χ0v) is 22.2. The lowest BCUT2D eigenvalue weighted by molar-refractivity contribution is 0.0726. The van der Waals surface area contributed by atoms with Gasteiger partial charge in [-0.05, 0) is 86.3 Å². The van der Waals surface area contributed by atoms with Crippen molar-refractivity contribution in [3.63, 3.8) is 0 Å². The fourth-order valence-electron chi connectivity index (χ4n) is 7.45. The van der Waals surface area contributed by atoms with Crippen LogP contribution in [0.25, 0.3) is 11.0 Å². The SMILES string of the molecule is Fc1ccc2onc(N3CCN4C[C@H](COc5cccc(CN6C[C@H]7CC[C@@H](CC7)C6)c5)CC[C@H]4C3)c2c1. The number of benzene rings is 2. The average molecular weight is 519 g/mol. The normalized spacial score (nSPS) is 28.4. The van der Waals surface area contributed by atoms with Gasteiger partial charge < -0.3 is 14.2 Å². The van der Waals surface area contributed by atoms with Crippen LogP contribution >= 0.6 is 0 Å². The monoisotopic (exact) mass is 518 g/mol. The van der Waals surface area contributed by atoms with E-state index in [0.29, 0.717) is 17.5 Å². The predicted octanol–water partition coefficient (Wildman–Crippen LogP) is 5.57. The second kappa shape index (κ2) is 10.5. The molecular weight excluding hydrogens is 479 g/mol. The standard InChI is InChI=1S/C31H39FN4O2/c32-26-9-11-30-29(15-26)31(33-38-30)36-13-12-35-19-25(8-10-27(35)20-36)21-37-28-3-1-2-24(14-28)18-34-16-22-4-5-23(17-34)7-6-22/h1-3,9,11,14-15,22-23,25,27H,4-8,10,12-13,16-21H2/t22-,23-,25-,27+/m1/s1. The Morgan fingerprint density at radius 1 is 0.895 bits per heavy atom. The Bertz CT molecular complexity index is 1240. The molecule has 3 aromatic rings. The molecule has 202 valence electrons. The summed E-state index contributed by atoms with van der Waals surface area (Å²) in [4.78, 5) is 7.57. The van der Waals surface area contributed by atoms with E-state index in [9.17, 15) is 4.39 Å². The number of rotatable bonds is 6. The molecule has 5 heterocycles. The van der Waals surface area contributed by atoms with E-state index < -0.39 is 0 Å². The fraction of sp³-hybridized carbons (Fsp3) is 0.581. The van der Waals surface area contributed by atoms with Crippen LogP contribution in [0, 0.1) is 23.6 Å². The van der Waals surface area contributed by atoms with Crippen molar-refractivity contribution in [2.75, 3.05) is 50.8 Å². The molecule has 7 heteroatoms. The maximum Gasteiger partial charge on any atom is 0.180 e. The van der Waals surface area contributed by atoms with E-state index in [2.05, 4.69) is 44.1 Å². The van der Waals surface area contributed by atoms with Crippen molar-refractivity contribution in [3.05, 3.63) is 53.8 Å². The lowest BCUT2D eigenvalue weighted by atomic mass is 9.84. The molecule has 38 heavy (non-hydrogen) atoms. The Morgan fingerprint density at radius 2 is 1.74 bits per heavy atom. The Labute approximate surface area is 224 Å². The van der Waals surface area contributed by atoms with Crippen molar-refractivity contribution in [1.29, 1.82) is 0 Å². The lowest BCUT2D eigenvalue weighted by Crippen LogP contribution is -2.57. The van der Waals surface area contributed by atoms with Crippen LogP contribution in [0.5, 0.6) is 5.75 Å². The van der Waals surface area contributed by atoms with Gasteiger partial charge >= 0.3 is 0 Å². The largest absolute Gasteiger partial charge is 0.493 e. The Kier molecular flexibility index (Phi) is 6.74. The van der Waals surface area contributed by atoms with E-state index >= 15 is 0 Å². The quantitative estimate of drug-likeness (QED) is 0.425. The van der Waals surface area contributed by atoms with E-state index in [4.69, 9.17) is 9.26 Å². The maximum absolute atomic E-state index is 13.8. The van der Waals surface area contributed by atoms with Crippen LogP contribution in [0.3, 0.4) is 0 Å². The van der Waals surface area contributed by atoms with Gasteiger partial charge in [0.2, 0.25) is 0 Å². The molecule has 0 radical (unpaired) electrons. The first-order valence-electron chi connectivity index (χ1n) is 14.6. The van der Waals surface area contributed by atoms with Gasteiger partial charge in [-0.2, -0.15) is 0 Å². The van der Waals surface area contributed by atoms with Gasteiger partial charge in [-0.3, -0.25) is 9.80 Å². The summed E-state index contributed by atoms with van der Waals surface area (Å²) in [5.41, 5.74) is 2.02. The van der Waals surface area contributed by atoms with Crippen LogP contribution in [-0.4, -0.2) is 66.9 Å². The highest BCUT2D eigenvalue weighted by Crippen LogP contribution is 2.35. The molecule has 1 aromatic heterocycles. The van der Waals surface area contributed by atoms with Gasteiger partial charge in [0.1, 0.15) is 11.6 Å². The van der Waals surface area contributed by atoms with Crippen LogP contribution in [0.4, 0.5) is 10.2 Å². The van der Waals surface area contributed by atoms with E-state index in [0.717, 1.165) is 74.5 Å². The van der Waals surface area contributed by atoms with Crippen LogP contribution in [0.1, 0.15) is 44.1 Å². The van der Waals surface area contributed by atoms with Crippen molar-refractivity contribution in [1.82, 2.24) is 15.0 Å². The fourth-order valence-corrected chi connectivity index (χ4v) is 7.45. The number of fused-ring (bicyclic) bond motifs is 6. The number of nitrogens with zero attached hydrogens (tertiary/aromatic N) is 4. The van der Waals surface area contributed by atoms with Gasteiger partial charge in [0.25, 0.3) is 0 Å². The number of piperidine rings is 1. The molecule has 0 spiro atoms. The topological polar surface area (TPSA) is 45.0 Å². The Balaban J connectivity index is 0.921. The Morgan fingerprint density at radius 3 is 2.58 bits per heavy atom. The van der Waals surface area contributed by atoms with Crippen LogP contribution in [0.2, 0.25) is 0 Å². The van der Waals surface area contributed by atoms with Crippen molar-refractivity contribution in [2.45, 2.75) is 51.1 Å². The second-order valence-electron chi connectivity index (χ2n) is 12.2. The van der Waals surface area contributed by atoms with Crippen LogP contribution < -0.4 is 9.64 Å². The molecule has 8 rings (SSSR count). The van der Waals surface area contributed by atoms with Gasteiger partial charge in [-0.1, -0.05) is 17.3 Å². The minimum atomic E-state index is -0.250. The number of aromatic nitrogens is 1. The van der Waals surface area contributed by atoms with Gasteiger partial charge in [0, 0.05) is 57.8 Å². The minimum Gasteiger partial charge on any atom is -0.493 e. The second-order valence-corrected chi connectivity index (χ2v) is 12.2. The Hall–Kier alpha value is -2.64. The zero-order valence-electron chi connectivity index (χ0n) is 22.2. The first-order valence-corrected chi connectivity index (χ1v) is 14.6. The van der Waals surface area contributed by atoms with Crippen molar-refractivity contribution < 1.29 is 13.7 Å². The molecule has 1 aliphatic carbocycles. The van der Waals surface area contributed by atoms with Crippen LogP contribution in [-0.2, 0) is 6.54 Å². The number of hydrogen-bond acceptors (Lipinski definition) is 6. The van der Waals surface area contributed by atoms with Gasteiger partial charge in [-0.15, -0.1) is 0 Å². The molecule has 0 unspecified atom stereocenters. The van der Waals surface area contributed by atoms with E-state index in [1.165, 1.54) is 62.9 Å². The zero-order chi connectivity index (χ0) is 25.5. The van der Waals surface area contributed by atoms with Crippen molar-refractivity contribution in [2.24, 2.45) is 17.8 Å². The van der Waals surface area contributed by atoms with Gasteiger partial charge in [0.15, 0.2) is 11.4 Å². The van der Waals surface area contributed by atoms with Crippen LogP contribution in [0.15, 0.2) is 47.0 Å². The van der Waals surface area contributed by atoms with E-state index in [1.54, 1.807) is 6.07 Å². The molecule has 0 N–H and O–H groups in total. The minimum absolute atomic E-state index is 0.250. The third kappa shape index (κ3) is 5.15. The molecular formula is C31H39FN4O2. The summed E-state index contributed by atoms with van der Waals surface area (Å²) in [5.74, 6) is 3.90. The highest BCUT2D eigenvalue weighted by atomic mass is 19.1. The first-order chi connectivity index (χ1) is 18.7. The third-order valence-corrected chi connectivity index (χ3v) is 9.51. The molecule has 1 saturated carbocycles. The summed E-state index contributed by atoms with van der Waals surface area (Å²) < 4.78 is 25.7. The molecule has 4 aliphatic heterocycles. The van der Waals surface area contributed by atoms with Gasteiger partial charge in [0.05, 0.1) is 12.0 Å². The van der Waals surface area contributed by atoms with Crippen molar-refractivity contribution >= 4 is 16.8 Å². The smallest absolute Gasteiger partial charge is 0.180 e. The lowest BCUT2D eigenvalue weighted by Gasteiger charge is -2.46. The summed E-state index contributed by atoms with van der Waals surface area (Å²) in [7, 11) is 0. The molecule has 5 fully saturated rings. The van der Waals surface area contributed by atoms with Crippen molar-refractivity contribution in [3.8, 4) is 5.75 Å². The molecule has 6 nitrogen and oxygen atoms in total. The number of halogens is 1. The highest BCUT2D eigenvalue weighted by molar-refractivity contribution is 5.88. The molecule has 4 saturated heterocycles. The summed E-state index contributed by atoms with van der Waals surface area (Å²) >= 11 is 0. The average Bonchev–Trinajstić information content (AvgIpc) is 3.13. The maximum atomic E-state index is 13.8. The third-order valence-electron chi connectivity index (χ3n) is 9.51. The number of anilines is 1. The highest BCUT2D eigenvalue weighted by Gasteiger charge is 2.34. The molecule has 2 bridgehead atoms. The summed E-state index contributed by atoms with van der Waals surface area (Å²) in [6.45, 7) is 8.20. The summed E-state index contributed by atoms with van der Waals surface area (Å²) in [6, 6.07) is 13.9. The molecule has 5 aliphatic rings. The van der Waals surface area contributed by atoms with E-state index in [-0.39, 0.29) is 5.82 Å². The number of piperazine rings is 1. The number of ether oxygens (including phenoxy) is 1. The van der Waals surface area contributed by atoms with E-state index in [1.807, 2.05) is 0 Å².